The van der Waals surface area contributed by atoms with Crippen LogP contribution in [0.25, 0.3) is 0 Å². The zero-order valence-electron chi connectivity index (χ0n) is 19.0. The van der Waals surface area contributed by atoms with Crippen molar-refractivity contribution >= 4 is 5.96 Å². The molecule has 0 saturated heterocycles. The van der Waals surface area contributed by atoms with Gasteiger partial charge in [0.15, 0.2) is 11.8 Å². The van der Waals surface area contributed by atoms with Crippen molar-refractivity contribution in [1.82, 2.24) is 20.8 Å². The predicted molar refractivity (Wildman–Crippen MR) is 118 cm³/mol. The van der Waals surface area contributed by atoms with Crippen LogP contribution >= 0.6 is 0 Å². The van der Waals surface area contributed by atoms with Crippen LogP contribution in [0.1, 0.15) is 70.0 Å². The molecule has 8 nitrogen and oxygen atoms in total. The van der Waals surface area contributed by atoms with Crippen molar-refractivity contribution in [3.63, 3.8) is 0 Å². The van der Waals surface area contributed by atoms with Gasteiger partial charge in [0.2, 0.25) is 5.89 Å². The lowest BCUT2D eigenvalue weighted by Crippen LogP contribution is -2.36. The number of rotatable bonds is 11. The summed E-state index contributed by atoms with van der Waals surface area (Å²) in [5.74, 6) is 2.58. The van der Waals surface area contributed by atoms with Gasteiger partial charge in [0.1, 0.15) is 11.9 Å². The van der Waals surface area contributed by atoms with Crippen LogP contribution in [0.15, 0.2) is 27.7 Å². The number of aromatic nitrogens is 2. The largest absolute Gasteiger partial charge is 0.490 e. The molecule has 0 aliphatic heterocycles. The van der Waals surface area contributed by atoms with Crippen LogP contribution in [-0.2, 0) is 17.8 Å². The minimum absolute atomic E-state index is 0.159. The maximum absolute atomic E-state index is 6.09. The lowest BCUT2D eigenvalue weighted by atomic mass is 10.1. The first kappa shape index (κ1) is 23.7. The minimum atomic E-state index is -0.195. The molecule has 0 aliphatic rings. The molecule has 0 bridgehead atoms. The van der Waals surface area contributed by atoms with Gasteiger partial charge in [-0.2, -0.15) is 4.98 Å². The number of benzene rings is 1. The molecule has 0 saturated carbocycles. The summed E-state index contributed by atoms with van der Waals surface area (Å²) in [7, 11) is 0. The Balaban J connectivity index is 2.04. The highest BCUT2D eigenvalue weighted by Crippen LogP contribution is 2.23. The summed E-state index contributed by atoms with van der Waals surface area (Å²) in [6, 6.07) is 6.21. The fraction of sp³-hybridized carbons (Fsp3) is 0.591. The summed E-state index contributed by atoms with van der Waals surface area (Å²) < 4.78 is 16.9. The molecule has 1 heterocycles. The average Bonchev–Trinajstić information content (AvgIpc) is 3.20. The molecule has 2 aromatic rings. The number of hydrogen-bond acceptors (Lipinski definition) is 6. The Bertz CT molecular complexity index is 806. The molecule has 1 aromatic carbocycles. The average molecular weight is 418 g/mol. The van der Waals surface area contributed by atoms with Gasteiger partial charge in [0.05, 0.1) is 19.2 Å². The highest BCUT2D eigenvalue weighted by Gasteiger charge is 2.14. The van der Waals surface area contributed by atoms with Crippen LogP contribution in [0.3, 0.4) is 0 Å². The summed E-state index contributed by atoms with van der Waals surface area (Å²) in [6.45, 7) is 14.3. The second kappa shape index (κ2) is 12.2. The van der Waals surface area contributed by atoms with E-state index in [0.717, 1.165) is 24.3 Å². The van der Waals surface area contributed by atoms with E-state index in [2.05, 4.69) is 59.7 Å². The summed E-state index contributed by atoms with van der Waals surface area (Å²) in [5, 5.41) is 10.5. The predicted octanol–water partition coefficient (Wildman–Crippen LogP) is 3.91. The van der Waals surface area contributed by atoms with E-state index in [1.165, 1.54) is 5.56 Å². The SMILES string of the molecule is CCNC(=NCc1ccc(C)cc1OC(C)CC)NCc1nc(C(C)OCC)no1. The van der Waals surface area contributed by atoms with Gasteiger partial charge in [-0.05, 0) is 52.7 Å². The molecule has 1 aromatic heterocycles. The molecule has 0 spiro atoms. The van der Waals surface area contributed by atoms with Crippen LogP contribution in [0.5, 0.6) is 5.75 Å². The van der Waals surface area contributed by atoms with Crippen molar-refractivity contribution in [2.75, 3.05) is 13.2 Å². The zero-order valence-corrected chi connectivity index (χ0v) is 19.0. The maximum atomic E-state index is 6.09. The van der Waals surface area contributed by atoms with Gasteiger partial charge in [-0.1, -0.05) is 24.2 Å². The van der Waals surface area contributed by atoms with Gasteiger partial charge in [-0.3, -0.25) is 0 Å². The molecule has 0 amide bonds. The Morgan fingerprint density at radius 2 is 2.00 bits per heavy atom. The van der Waals surface area contributed by atoms with Crippen molar-refractivity contribution in [3.8, 4) is 5.75 Å². The molecular formula is C22H35N5O3. The van der Waals surface area contributed by atoms with E-state index in [4.69, 9.17) is 19.0 Å². The van der Waals surface area contributed by atoms with E-state index in [-0.39, 0.29) is 12.2 Å². The van der Waals surface area contributed by atoms with E-state index < -0.39 is 0 Å². The Morgan fingerprint density at radius 1 is 1.20 bits per heavy atom. The van der Waals surface area contributed by atoms with E-state index in [9.17, 15) is 0 Å². The van der Waals surface area contributed by atoms with Crippen molar-refractivity contribution in [2.24, 2.45) is 4.99 Å². The molecule has 2 atom stereocenters. The van der Waals surface area contributed by atoms with Crippen LogP contribution < -0.4 is 15.4 Å². The number of hydrogen-bond donors (Lipinski definition) is 2. The van der Waals surface area contributed by atoms with Crippen molar-refractivity contribution in [2.45, 2.75) is 73.3 Å². The number of nitrogens with zero attached hydrogens (tertiary/aromatic N) is 3. The second-order valence-corrected chi connectivity index (χ2v) is 7.14. The number of aliphatic imine (C=N–C) groups is 1. The van der Waals surface area contributed by atoms with Gasteiger partial charge >= 0.3 is 0 Å². The van der Waals surface area contributed by atoms with Crippen molar-refractivity contribution in [3.05, 3.63) is 41.0 Å². The van der Waals surface area contributed by atoms with Crippen LogP contribution in [-0.4, -0.2) is 35.4 Å². The molecule has 2 rings (SSSR count). The fourth-order valence-electron chi connectivity index (χ4n) is 2.70. The molecule has 0 radical (unpaired) electrons. The maximum Gasteiger partial charge on any atom is 0.246 e. The number of ether oxygens (including phenoxy) is 2. The Hall–Kier alpha value is -2.61. The van der Waals surface area contributed by atoms with Crippen LogP contribution in [0.2, 0.25) is 0 Å². The van der Waals surface area contributed by atoms with Crippen LogP contribution in [0.4, 0.5) is 0 Å². The Kier molecular flexibility index (Phi) is 9.60. The minimum Gasteiger partial charge on any atom is -0.490 e. The zero-order chi connectivity index (χ0) is 21.9. The van der Waals surface area contributed by atoms with Crippen molar-refractivity contribution in [1.29, 1.82) is 0 Å². The molecule has 166 valence electrons. The molecule has 30 heavy (non-hydrogen) atoms. The van der Waals surface area contributed by atoms with Gasteiger partial charge < -0.3 is 24.6 Å². The fourth-order valence-corrected chi connectivity index (χ4v) is 2.70. The monoisotopic (exact) mass is 417 g/mol. The van der Waals surface area contributed by atoms with E-state index >= 15 is 0 Å². The normalized spacial score (nSPS) is 13.7. The van der Waals surface area contributed by atoms with E-state index in [1.54, 1.807) is 0 Å². The standard InChI is InChI=1S/C22H35N5O3/c1-7-16(5)29-19-12-15(4)10-11-18(19)13-24-22(23-8-2)25-14-20-26-21(27-30-20)17(6)28-9-3/h10-12,16-17H,7-9,13-14H2,1-6H3,(H2,23,24,25). The quantitative estimate of drug-likeness (QED) is 0.423. The number of guanidine groups is 1. The Labute approximate surface area is 179 Å². The van der Waals surface area contributed by atoms with Gasteiger partial charge in [-0.25, -0.2) is 4.99 Å². The third-order valence-electron chi connectivity index (χ3n) is 4.55. The Morgan fingerprint density at radius 3 is 2.70 bits per heavy atom. The third-order valence-corrected chi connectivity index (χ3v) is 4.55. The first-order valence-electron chi connectivity index (χ1n) is 10.7. The highest BCUT2D eigenvalue weighted by atomic mass is 16.5. The molecule has 0 aliphatic carbocycles. The molecular weight excluding hydrogens is 382 g/mol. The molecule has 2 N–H and O–H groups in total. The smallest absolute Gasteiger partial charge is 0.246 e. The van der Waals surface area contributed by atoms with Gasteiger partial charge in [-0.15, -0.1) is 0 Å². The van der Waals surface area contributed by atoms with E-state index in [0.29, 0.717) is 37.4 Å². The first-order valence-corrected chi connectivity index (χ1v) is 10.7. The van der Waals surface area contributed by atoms with E-state index in [1.807, 2.05) is 20.8 Å². The molecule has 0 fully saturated rings. The summed E-state index contributed by atoms with van der Waals surface area (Å²) in [6.07, 6.45) is 0.918. The number of aryl methyl sites for hydroxylation is 1. The summed E-state index contributed by atoms with van der Waals surface area (Å²) in [4.78, 5) is 9.07. The summed E-state index contributed by atoms with van der Waals surface area (Å²) >= 11 is 0. The second-order valence-electron chi connectivity index (χ2n) is 7.14. The highest BCUT2D eigenvalue weighted by molar-refractivity contribution is 5.79. The lowest BCUT2D eigenvalue weighted by Gasteiger charge is -2.16. The van der Waals surface area contributed by atoms with Gasteiger partial charge in [0.25, 0.3) is 0 Å². The third kappa shape index (κ3) is 7.33. The van der Waals surface area contributed by atoms with Crippen LogP contribution in [0, 0.1) is 6.92 Å². The van der Waals surface area contributed by atoms with Gasteiger partial charge in [0, 0.05) is 18.7 Å². The molecule has 2 unspecified atom stereocenters. The molecule has 8 heteroatoms. The van der Waals surface area contributed by atoms with Crippen molar-refractivity contribution < 1.29 is 14.0 Å². The summed E-state index contributed by atoms with van der Waals surface area (Å²) in [5.41, 5.74) is 2.21. The first-order chi connectivity index (χ1) is 14.5. The number of nitrogens with one attached hydrogen (secondary N) is 2. The topological polar surface area (TPSA) is 93.8 Å². The lowest BCUT2D eigenvalue weighted by molar-refractivity contribution is 0.0683.